The highest BCUT2D eigenvalue weighted by molar-refractivity contribution is 6.07. The summed E-state index contributed by atoms with van der Waals surface area (Å²) < 4.78 is 0. The number of carbonyl (C=O) groups is 2. The van der Waals surface area contributed by atoms with Gasteiger partial charge in [0.15, 0.2) is 0 Å². The number of carbonyl (C=O) groups excluding carboxylic acids is 2. The molecule has 5 heteroatoms. The van der Waals surface area contributed by atoms with Gasteiger partial charge in [-0.2, -0.15) is 0 Å². The van der Waals surface area contributed by atoms with E-state index in [1.165, 1.54) is 0 Å². The first-order valence-corrected chi connectivity index (χ1v) is 8.86. The van der Waals surface area contributed by atoms with Gasteiger partial charge in [-0.1, -0.05) is 18.6 Å². The third-order valence-corrected chi connectivity index (χ3v) is 4.66. The molecule has 132 valence electrons. The van der Waals surface area contributed by atoms with Gasteiger partial charge in [-0.15, -0.1) is 0 Å². The maximum absolute atomic E-state index is 12.9. The summed E-state index contributed by atoms with van der Waals surface area (Å²) in [7, 11) is 0. The number of hydrogen-bond acceptors (Lipinski definition) is 3. The molecule has 1 aliphatic rings. The highest BCUT2D eigenvalue weighted by Crippen LogP contribution is 2.24. The summed E-state index contributed by atoms with van der Waals surface area (Å²) in [5, 5.41) is 3.91. The molecule has 1 aromatic heterocycles. The van der Waals surface area contributed by atoms with Gasteiger partial charge in [-0.25, -0.2) is 0 Å². The van der Waals surface area contributed by atoms with Crippen LogP contribution in [0.2, 0.25) is 0 Å². The van der Waals surface area contributed by atoms with E-state index in [2.05, 4.69) is 23.3 Å². The fourth-order valence-electron chi connectivity index (χ4n) is 3.61. The molecular formula is C20H25N3O2. The zero-order valence-corrected chi connectivity index (χ0v) is 15.3. The van der Waals surface area contributed by atoms with Crippen LogP contribution in [0.25, 0.3) is 10.9 Å². The lowest BCUT2D eigenvalue weighted by Crippen LogP contribution is -2.37. The van der Waals surface area contributed by atoms with E-state index in [0.717, 1.165) is 40.7 Å². The Morgan fingerprint density at radius 1 is 1.28 bits per heavy atom. The summed E-state index contributed by atoms with van der Waals surface area (Å²) >= 11 is 0. The molecule has 0 spiro atoms. The average Bonchev–Trinajstić information content (AvgIpc) is 2.87. The maximum atomic E-state index is 12.9. The molecule has 1 unspecified atom stereocenters. The Balaban J connectivity index is 1.89. The normalized spacial score (nSPS) is 17.4. The number of aromatic nitrogens is 1. The Morgan fingerprint density at radius 2 is 2.04 bits per heavy atom. The van der Waals surface area contributed by atoms with E-state index in [1.807, 2.05) is 37.8 Å². The minimum atomic E-state index is -0.128. The lowest BCUT2D eigenvalue weighted by atomic mass is 10.0. The fourth-order valence-corrected chi connectivity index (χ4v) is 3.61. The molecule has 5 nitrogen and oxygen atoms in total. The molecule has 2 heterocycles. The first-order valence-electron chi connectivity index (χ1n) is 8.86. The minimum absolute atomic E-state index is 0.120. The van der Waals surface area contributed by atoms with E-state index < -0.39 is 0 Å². The summed E-state index contributed by atoms with van der Waals surface area (Å²) in [6.07, 6.45) is 1.31. The average molecular weight is 339 g/mol. The van der Waals surface area contributed by atoms with Crippen LogP contribution in [0.5, 0.6) is 0 Å². The molecule has 1 aromatic carbocycles. The summed E-state index contributed by atoms with van der Waals surface area (Å²) in [6, 6.07) is 5.79. The second-order valence-corrected chi connectivity index (χ2v) is 7.00. The monoisotopic (exact) mass is 339 g/mol. The molecule has 3 rings (SSSR count). The smallest absolute Gasteiger partial charge is 0.252 e. The summed E-state index contributed by atoms with van der Waals surface area (Å²) in [5.41, 5.74) is 4.49. The Hall–Kier alpha value is -2.43. The van der Waals surface area contributed by atoms with Crippen LogP contribution < -0.4 is 5.32 Å². The lowest BCUT2D eigenvalue weighted by molar-refractivity contribution is -0.127. The molecule has 2 aromatic rings. The largest absolute Gasteiger partial charge is 0.347 e. The third-order valence-electron chi connectivity index (χ3n) is 4.66. The van der Waals surface area contributed by atoms with Gasteiger partial charge < -0.3 is 10.2 Å². The van der Waals surface area contributed by atoms with Gasteiger partial charge >= 0.3 is 0 Å². The Bertz CT molecular complexity index is 844. The molecule has 0 radical (unpaired) electrons. The Kier molecular flexibility index (Phi) is 4.75. The number of pyridine rings is 1. The van der Waals surface area contributed by atoms with Crippen molar-refractivity contribution in [3.8, 4) is 0 Å². The van der Waals surface area contributed by atoms with Crippen LogP contribution in [0, 0.1) is 20.8 Å². The van der Waals surface area contributed by atoms with Crippen molar-refractivity contribution in [3.05, 3.63) is 40.6 Å². The zero-order valence-electron chi connectivity index (χ0n) is 15.3. The summed E-state index contributed by atoms with van der Waals surface area (Å²) in [5.74, 6) is -0.00810. The second kappa shape index (κ2) is 6.82. The van der Waals surface area contributed by atoms with E-state index in [0.29, 0.717) is 18.5 Å². The molecule has 1 fully saturated rings. The fraction of sp³-hybridized carbons (Fsp3) is 0.450. The molecule has 1 atom stereocenters. The minimum Gasteiger partial charge on any atom is -0.347 e. The summed E-state index contributed by atoms with van der Waals surface area (Å²) in [6.45, 7) is 9.33. The van der Waals surface area contributed by atoms with Crippen LogP contribution in [0.4, 0.5) is 0 Å². The number of aryl methyl sites for hydroxylation is 3. The van der Waals surface area contributed by atoms with Crippen molar-refractivity contribution >= 4 is 22.7 Å². The molecular weight excluding hydrogens is 314 g/mol. The standard InChI is InChI=1S/C20H25N3O2/c1-5-6-23-11-15(10-18(23)24)22-20(25)17-9-14(4)21-19-13(3)7-12(2)8-16(17)19/h7-9,15H,5-6,10-11H2,1-4H3,(H,22,25). The number of benzene rings is 1. The number of nitrogens with one attached hydrogen (secondary N) is 1. The highest BCUT2D eigenvalue weighted by Gasteiger charge is 2.30. The van der Waals surface area contributed by atoms with Gasteiger partial charge in [0.25, 0.3) is 5.91 Å². The van der Waals surface area contributed by atoms with Crippen molar-refractivity contribution in [3.63, 3.8) is 0 Å². The molecule has 1 saturated heterocycles. The topological polar surface area (TPSA) is 62.3 Å². The lowest BCUT2D eigenvalue weighted by Gasteiger charge is -2.17. The number of fused-ring (bicyclic) bond motifs is 1. The quantitative estimate of drug-likeness (QED) is 0.932. The summed E-state index contributed by atoms with van der Waals surface area (Å²) in [4.78, 5) is 31.3. The molecule has 0 aliphatic carbocycles. The zero-order chi connectivity index (χ0) is 18.1. The van der Waals surface area contributed by atoms with E-state index in [9.17, 15) is 9.59 Å². The third kappa shape index (κ3) is 3.50. The highest BCUT2D eigenvalue weighted by atomic mass is 16.2. The van der Waals surface area contributed by atoms with Gasteiger partial charge in [0.05, 0.1) is 17.1 Å². The van der Waals surface area contributed by atoms with Gasteiger partial charge in [0.1, 0.15) is 0 Å². The number of rotatable bonds is 4. The molecule has 1 N–H and O–H groups in total. The predicted octanol–water partition coefficient (Wildman–Crippen LogP) is 2.90. The number of likely N-dealkylation sites (tertiary alicyclic amines) is 1. The van der Waals surface area contributed by atoms with Gasteiger partial charge in [0, 0.05) is 30.6 Å². The molecule has 2 amide bonds. The number of nitrogens with zero attached hydrogens (tertiary/aromatic N) is 2. The van der Waals surface area contributed by atoms with Crippen LogP contribution in [0.15, 0.2) is 18.2 Å². The van der Waals surface area contributed by atoms with Crippen LogP contribution in [-0.4, -0.2) is 40.8 Å². The van der Waals surface area contributed by atoms with Crippen LogP contribution in [0.3, 0.4) is 0 Å². The maximum Gasteiger partial charge on any atom is 0.252 e. The van der Waals surface area contributed by atoms with Crippen molar-refractivity contribution in [2.75, 3.05) is 13.1 Å². The van der Waals surface area contributed by atoms with Crippen LogP contribution in [-0.2, 0) is 4.79 Å². The van der Waals surface area contributed by atoms with E-state index in [-0.39, 0.29) is 17.9 Å². The number of hydrogen-bond donors (Lipinski definition) is 1. The first-order chi connectivity index (χ1) is 11.9. The van der Waals surface area contributed by atoms with E-state index in [1.54, 1.807) is 0 Å². The SMILES string of the molecule is CCCN1CC(NC(=O)c2cc(C)nc3c(C)cc(C)cc23)CC1=O. The Morgan fingerprint density at radius 3 is 2.76 bits per heavy atom. The second-order valence-electron chi connectivity index (χ2n) is 7.00. The van der Waals surface area contributed by atoms with Crippen LogP contribution >= 0.6 is 0 Å². The van der Waals surface area contributed by atoms with Gasteiger partial charge in [0.2, 0.25) is 5.91 Å². The van der Waals surface area contributed by atoms with Crippen molar-refractivity contribution in [2.45, 2.75) is 46.6 Å². The van der Waals surface area contributed by atoms with E-state index in [4.69, 9.17) is 0 Å². The molecule has 0 bridgehead atoms. The predicted molar refractivity (Wildman–Crippen MR) is 98.7 cm³/mol. The van der Waals surface area contributed by atoms with Crippen molar-refractivity contribution in [1.82, 2.24) is 15.2 Å². The van der Waals surface area contributed by atoms with Crippen LogP contribution in [0.1, 0.15) is 46.9 Å². The first kappa shape index (κ1) is 17.4. The number of amides is 2. The van der Waals surface area contributed by atoms with Gasteiger partial charge in [-0.05, 0) is 44.9 Å². The Labute approximate surface area is 148 Å². The van der Waals surface area contributed by atoms with Crippen molar-refractivity contribution in [2.24, 2.45) is 0 Å². The molecule has 25 heavy (non-hydrogen) atoms. The van der Waals surface area contributed by atoms with Crippen molar-refractivity contribution in [1.29, 1.82) is 0 Å². The van der Waals surface area contributed by atoms with Crippen molar-refractivity contribution < 1.29 is 9.59 Å². The molecule has 0 saturated carbocycles. The molecule has 1 aliphatic heterocycles. The van der Waals surface area contributed by atoms with E-state index >= 15 is 0 Å². The van der Waals surface area contributed by atoms with Gasteiger partial charge in [-0.3, -0.25) is 14.6 Å².